The van der Waals surface area contributed by atoms with E-state index in [4.69, 9.17) is 0 Å². The first kappa shape index (κ1) is 45.6. The minimum Gasteiger partial charge on any atom is -0.310 e. The smallest absolute Gasteiger partial charge is 0.0726 e. The fourth-order valence-electron chi connectivity index (χ4n) is 14.3. The van der Waals surface area contributed by atoms with Gasteiger partial charge in [-0.2, -0.15) is 0 Å². The molecule has 0 saturated carbocycles. The van der Waals surface area contributed by atoms with E-state index in [1.807, 2.05) is 0 Å². The van der Waals surface area contributed by atoms with E-state index in [2.05, 4.69) is 286 Å². The number of para-hydroxylation sites is 1. The van der Waals surface area contributed by atoms with Gasteiger partial charge in [-0.25, -0.2) is 0 Å². The summed E-state index contributed by atoms with van der Waals surface area (Å²) in [7, 11) is 0. The van der Waals surface area contributed by atoms with E-state index in [1.54, 1.807) is 0 Å². The summed E-state index contributed by atoms with van der Waals surface area (Å²) < 4.78 is 0. The number of anilines is 3. The second-order valence-electron chi connectivity index (χ2n) is 24.6. The van der Waals surface area contributed by atoms with Gasteiger partial charge in [0, 0.05) is 27.8 Å². The Kier molecular flexibility index (Phi) is 9.58. The molecule has 1 spiro atoms. The Bertz CT molecular complexity index is 3960. The van der Waals surface area contributed by atoms with Crippen LogP contribution in [0.15, 0.2) is 218 Å². The Hall–Kier alpha value is -8.00. The highest BCUT2D eigenvalue weighted by Crippen LogP contribution is 2.65. The average molecular weight is 966 g/mol. The lowest BCUT2D eigenvalue weighted by atomic mass is 9.68. The van der Waals surface area contributed by atoms with Gasteiger partial charge in [-0.05, 0) is 159 Å². The second kappa shape index (κ2) is 15.8. The summed E-state index contributed by atoms with van der Waals surface area (Å²) in [5.74, 6) is 0. The molecule has 0 aliphatic heterocycles. The van der Waals surface area contributed by atoms with Crippen molar-refractivity contribution in [2.75, 3.05) is 4.90 Å². The molecule has 4 aliphatic carbocycles. The Balaban J connectivity index is 1.07. The predicted molar refractivity (Wildman–Crippen MR) is 315 cm³/mol. The van der Waals surface area contributed by atoms with Crippen molar-refractivity contribution in [3.63, 3.8) is 0 Å². The second-order valence-corrected chi connectivity index (χ2v) is 24.6. The summed E-state index contributed by atoms with van der Waals surface area (Å²) in [5, 5.41) is 0. The molecule has 0 bridgehead atoms. The highest BCUT2D eigenvalue weighted by molar-refractivity contribution is 5.99. The van der Waals surface area contributed by atoms with Gasteiger partial charge in [0.2, 0.25) is 0 Å². The Morgan fingerprint density at radius 2 is 0.707 bits per heavy atom. The van der Waals surface area contributed by atoms with Crippen LogP contribution < -0.4 is 4.90 Å². The molecule has 0 heterocycles. The standard InChI is InChI=1S/C74H63N/c1-70(2,3)47-34-38-55-56-39-35-48(71(4,5)6)43-66(56)74(65(55)42-47)63-32-19-15-25-52(63)57-41-37-50(45-67(57)74)75(49-36-40-54-51-24-14-18-31-62(51)73(9,64(54)44-49)46-22-11-10-12-23-46)68-33-20-16-27-58(68)60-29-21-28-59-53-26-13-17-30-61(53)72(7,8)69(59)60/h10-45H,1-9H3. The SMILES string of the molecule is CC(C)(C)c1ccc2c(c1)C1(c3ccccc3-c3ccc(N(c4ccc5c(c4)C(C)(c4ccccc4)c4ccccc4-5)c4ccccc4-c4cccc5c4C(C)(C)c4ccccc4-5)cc31)c1cc(C(C)(C)C)ccc1-2. The Morgan fingerprint density at radius 1 is 0.307 bits per heavy atom. The molecule has 10 aromatic carbocycles. The molecule has 4 aliphatic rings. The van der Waals surface area contributed by atoms with Crippen LogP contribution in [-0.2, 0) is 27.1 Å². The number of rotatable bonds is 5. The molecule has 0 aromatic heterocycles. The van der Waals surface area contributed by atoms with Crippen molar-refractivity contribution in [2.24, 2.45) is 0 Å². The molecule has 75 heavy (non-hydrogen) atoms. The van der Waals surface area contributed by atoms with E-state index in [-0.39, 0.29) is 21.7 Å². The zero-order chi connectivity index (χ0) is 51.4. The summed E-state index contributed by atoms with van der Waals surface area (Å²) in [5.41, 5.74) is 30.1. The quantitative estimate of drug-likeness (QED) is 0.166. The van der Waals surface area contributed by atoms with Crippen LogP contribution in [0.1, 0.15) is 124 Å². The number of hydrogen-bond acceptors (Lipinski definition) is 1. The lowest BCUT2D eigenvalue weighted by Crippen LogP contribution is -2.27. The van der Waals surface area contributed by atoms with Gasteiger partial charge in [-0.3, -0.25) is 0 Å². The third-order valence-corrected chi connectivity index (χ3v) is 18.1. The molecule has 1 nitrogen and oxygen atoms in total. The predicted octanol–water partition coefficient (Wildman–Crippen LogP) is 19.4. The van der Waals surface area contributed by atoms with Crippen LogP contribution >= 0.6 is 0 Å². The van der Waals surface area contributed by atoms with Crippen molar-refractivity contribution in [1.29, 1.82) is 0 Å². The zero-order valence-corrected chi connectivity index (χ0v) is 44.7. The monoisotopic (exact) mass is 965 g/mol. The lowest BCUT2D eigenvalue weighted by Gasteiger charge is -2.35. The van der Waals surface area contributed by atoms with Crippen molar-refractivity contribution in [2.45, 2.75) is 89.4 Å². The molecule has 0 fully saturated rings. The normalized spacial score (nSPS) is 16.6. The van der Waals surface area contributed by atoms with Crippen LogP contribution in [0.5, 0.6) is 0 Å². The van der Waals surface area contributed by atoms with E-state index >= 15 is 0 Å². The Morgan fingerprint density at radius 3 is 1.29 bits per heavy atom. The highest BCUT2D eigenvalue weighted by atomic mass is 15.1. The minimum absolute atomic E-state index is 0.0418. The van der Waals surface area contributed by atoms with E-state index in [9.17, 15) is 0 Å². The lowest BCUT2D eigenvalue weighted by molar-refractivity contribution is 0.586. The van der Waals surface area contributed by atoms with Crippen molar-refractivity contribution < 1.29 is 0 Å². The molecule has 1 unspecified atom stereocenters. The number of hydrogen-bond donors (Lipinski definition) is 0. The Labute approximate surface area is 444 Å². The van der Waals surface area contributed by atoms with Gasteiger partial charge >= 0.3 is 0 Å². The van der Waals surface area contributed by atoms with E-state index in [1.165, 1.54) is 117 Å². The molecule has 14 rings (SSSR count). The first-order valence-electron chi connectivity index (χ1n) is 27.1. The summed E-state index contributed by atoms with van der Waals surface area (Å²) >= 11 is 0. The molecule has 0 saturated heterocycles. The fraction of sp³-hybridized carbons (Fsp3) is 0.189. The topological polar surface area (TPSA) is 3.24 Å². The van der Waals surface area contributed by atoms with Crippen molar-refractivity contribution in [3.05, 3.63) is 280 Å². The van der Waals surface area contributed by atoms with E-state index < -0.39 is 5.41 Å². The summed E-state index contributed by atoms with van der Waals surface area (Å²) in [4.78, 5) is 2.60. The van der Waals surface area contributed by atoms with Gasteiger partial charge in [0.05, 0.1) is 11.1 Å². The van der Waals surface area contributed by atoms with Crippen molar-refractivity contribution in [3.8, 4) is 55.6 Å². The molecule has 10 aromatic rings. The van der Waals surface area contributed by atoms with Crippen LogP contribution in [-0.4, -0.2) is 0 Å². The van der Waals surface area contributed by atoms with Gasteiger partial charge in [-0.15, -0.1) is 0 Å². The summed E-state index contributed by atoms with van der Waals surface area (Å²) in [6, 6.07) is 84.2. The number of fused-ring (bicyclic) bond motifs is 16. The van der Waals surface area contributed by atoms with Gasteiger partial charge < -0.3 is 4.90 Å². The number of benzene rings is 10. The molecule has 0 radical (unpaired) electrons. The summed E-state index contributed by atoms with van der Waals surface area (Å²) in [6.45, 7) is 21.4. The fourth-order valence-corrected chi connectivity index (χ4v) is 14.3. The van der Waals surface area contributed by atoms with Gasteiger partial charge in [0.25, 0.3) is 0 Å². The zero-order valence-electron chi connectivity index (χ0n) is 44.7. The van der Waals surface area contributed by atoms with Crippen LogP contribution in [0.3, 0.4) is 0 Å². The van der Waals surface area contributed by atoms with Crippen molar-refractivity contribution >= 4 is 17.1 Å². The maximum Gasteiger partial charge on any atom is 0.0726 e. The summed E-state index contributed by atoms with van der Waals surface area (Å²) in [6.07, 6.45) is 0. The maximum absolute atomic E-state index is 2.60. The molecule has 0 amide bonds. The van der Waals surface area contributed by atoms with Gasteiger partial charge in [-0.1, -0.05) is 243 Å². The largest absolute Gasteiger partial charge is 0.310 e. The molecular formula is C74H63N. The maximum atomic E-state index is 2.60. The minimum atomic E-state index is -0.554. The number of nitrogens with zero attached hydrogens (tertiary/aromatic N) is 1. The molecule has 0 N–H and O–H groups in total. The molecule has 1 heteroatoms. The van der Waals surface area contributed by atoms with Crippen LogP contribution in [0, 0.1) is 0 Å². The van der Waals surface area contributed by atoms with Crippen LogP contribution in [0.4, 0.5) is 17.1 Å². The van der Waals surface area contributed by atoms with Crippen LogP contribution in [0.2, 0.25) is 0 Å². The van der Waals surface area contributed by atoms with E-state index in [0.717, 1.165) is 17.1 Å². The van der Waals surface area contributed by atoms with Gasteiger partial charge in [0.1, 0.15) is 0 Å². The third-order valence-electron chi connectivity index (χ3n) is 18.1. The first-order valence-corrected chi connectivity index (χ1v) is 27.1. The van der Waals surface area contributed by atoms with E-state index in [0.29, 0.717) is 0 Å². The van der Waals surface area contributed by atoms with Crippen LogP contribution in [0.25, 0.3) is 55.6 Å². The highest BCUT2D eigenvalue weighted by Gasteiger charge is 2.53. The molecule has 364 valence electrons. The van der Waals surface area contributed by atoms with Gasteiger partial charge in [0.15, 0.2) is 0 Å². The third kappa shape index (κ3) is 6.25. The first-order chi connectivity index (χ1) is 36.1. The van der Waals surface area contributed by atoms with Crippen molar-refractivity contribution in [1.82, 2.24) is 0 Å². The molecule has 1 atom stereocenters. The average Bonchev–Trinajstić information content (AvgIpc) is 4.29. The molecular weight excluding hydrogens is 903 g/mol.